The Labute approximate surface area is 94.7 Å². The van der Waals surface area contributed by atoms with E-state index < -0.39 is 0 Å². The van der Waals surface area contributed by atoms with E-state index in [4.69, 9.17) is 9.47 Å². The summed E-state index contributed by atoms with van der Waals surface area (Å²) in [7, 11) is 1.38. The molecule has 2 atom stereocenters. The largest absolute Gasteiger partial charge is 0.466 e. The van der Waals surface area contributed by atoms with Gasteiger partial charge >= 0.3 is 5.97 Å². The Kier molecular flexibility index (Phi) is 3.06. The van der Waals surface area contributed by atoms with Gasteiger partial charge in [-0.3, -0.25) is 0 Å². The molecule has 16 heavy (non-hydrogen) atoms. The van der Waals surface area contributed by atoms with E-state index in [9.17, 15) is 4.79 Å². The SMILES string of the molecule is COC(=O)C1=C[C@H](c2ccccc2)O[C@H]1C. The van der Waals surface area contributed by atoms with Gasteiger partial charge in [-0.15, -0.1) is 0 Å². The number of ether oxygens (including phenoxy) is 2. The smallest absolute Gasteiger partial charge is 0.336 e. The van der Waals surface area contributed by atoms with Crippen molar-refractivity contribution in [2.45, 2.75) is 19.1 Å². The lowest BCUT2D eigenvalue weighted by molar-refractivity contribution is -0.137. The van der Waals surface area contributed by atoms with Crippen LogP contribution in [0.5, 0.6) is 0 Å². The number of carbonyl (C=O) groups is 1. The average molecular weight is 218 g/mol. The summed E-state index contributed by atoms with van der Waals surface area (Å²) in [4.78, 5) is 11.4. The molecule has 0 spiro atoms. The number of hydrogen-bond acceptors (Lipinski definition) is 3. The highest BCUT2D eigenvalue weighted by atomic mass is 16.5. The fourth-order valence-electron chi connectivity index (χ4n) is 1.80. The van der Waals surface area contributed by atoms with Crippen LogP contribution in [0.25, 0.3) is 0 Å². The van der Waals surface area contributed by atoms with Crippen molar-refractivity contribution in [3.05, 3.63) is 47.5 Å². The van der Waals surface area contributed by atoms with Crippen LogP contribution < -0.4 is 0 Å². The van der Waals surface area contributed by atoms with E-state index in [-0.39, 0.29) is 18.2 Å². The summed E-state index contributed by atoms with van der Waals surface area (Å²) in [5.41, 5.74) is 1.64. The maximum Gasteiger partial charge on any atom is 0.336 e. The van der Waals surface area contributed by atoms with Crippen LogP contribution in [0.2, 0.25) is 0 Å². The standard InChI is InChI=1S/C13H14O3/c1-9-11(13(14)15-2)8-12(16-9)10-6-4-3-5-7-10/h3-9,12H,1-2H3/t9-,12+/m0/s1. The fraction of sp³-hybridized carbons (Fsp3) is 0.308. The molecule has 0 aromatic heterocycles. The second-order valence-electron chi connectivity index (χ2n) is 3.72. The highest BCUT2D eigenvalue weighted by Gasteiger charge is 2.29. The van der Waals surface area contributed by atoms with Crippen LogP contribution >= 0.6 is 0 Å². The summed E-state index contributed by atoms with van der Waals surface area (Å²) >= 11 is 0. The van der Waals surface area contributed by atoms with Crippen LogP contribution in [-0.4, -0.2) is 19.2 Å². The first-order valence-corrected chi connectivity index (χ1v) is 5.23. The Morgan fingerprint density at radius 3 is 2.62 bits per heavy atom. The summed E-state index contributed by atoms with van der Waals surface area (Å²) in [5, 5.41) is 0. The van der Waals surface area contributed by atoms with Gasteiger partial charge in [0.25, 0.3) is 0 Å². The first kappa shape index (κ1) is 10.9. The van der Waals surface area contributed by atoms with E-state index in [2.05, 4.69) is 0 Å². The van der Waals surface area contributed by atoms with Crippen molar-refractivity contribution < 1.29 is 14.3 Å². The molecule has 0 unspecified atom stereocenters. The zero-order chi connectivity index (χ0) is 11.5. The molecule has 1 aromatic rings. The summed E-state index contributed by atoms with van der Waals surface area (Å²) < 4.78 is 10.4. The van der Waals surface area contributed by atoms with Gasteiger partial charge in [-0.1, -0.05) is 30.3 Å². The molecule has 1 aliphatic rings. The van der Waals surface area contributed by atoms with E-state index in [0.717, 1.165) is 5.56 Å². The molecule has 0 saturated heterocycles. The lowest BCUT2D eigenvalue weighted by Gasteiger charge is -2.11. The lowest BCUT2D eigenvalue weighted by atomic mass is 10.1. The van der Waals surface area contributed by atoms with Crippen molar-refractivity contribution in [2.24, 2.45) is 0 Å². The predicted molar refractivity (Wildman–Crippen MR) is 59.8 cm³/mol. The third-order valence-electron chi connectivity index (χ3n) is 2.67. The van der Waals surface area contributed by atoms with Crippen molar-refractivity contribution in [1.29, 1.82) is 0 Å². The van der Waals surface area contributed by atoms with Crippen molar-refractivity contribution in [2.75, 3.05) is 7.11 Å². The molecule has 0 bridgehead atoms. The number of hydrogen-bond donors (Lipinski definition) is 0. The summed E-state index contributed by atoms with van der Waals surface area (Å²) in [6.45, 7) is 1.85. The second kappa shape index (κ2) is 4.49. The van der Waals surface area contributed by atoms with Gasteiger partial charge in [0.1, 0.15) is 6.10 Å². The maximum absolute atomic E-state index is 11.4. The van der Waals surface area contributed by atoms with Gasteiger partial charge in [0, 0.05) is 0 Å². The van der Waals surface area contributed by atoms with E-state index in [1.165, 1.54) is 7.11 Å². The Morgan fingerprint density at radius 1 is 1.31 bits per heavy atom. The Balaban J connectivity index is 2.22. The normalized spacial score (nSPS) is 24.0. The molecule has 0 aliphatic carbocycles. The highest BCUT2D eigenvalue weighted by Crippen LogP contribution is 2.31. The maximum atomic E-state index is 11.4. The van der Waals surface area contributed by atoms with Gasteiger partial charge in [-0.25, -0.2) is 4.79 Å². The molecule has 0 radical (unpaired) electrons. The third kappa shape index (κ3) is 1.99. The van der Waals surface area contributed by atoms with Crippen LogP contribution in [0, 0.1) is 0 Å². The van der Waals surface area contributed by atoms with Crippen LogP contribution in [0.15, 0.2) is 42.0 Å². The molecule has 0 N–H and O–H groups in total. The second-order valence-corrected chi connectivity index (χ2v) is 3.72. The lowest BCUT2D eigenvalue weighted by Crippen LogP contribution is -2.14. The van der Waals surface area contributed by atoms with Gasteiger partial charge in [0.2, 0.25) is 0 Å². The molecular formula is C13H14O3. The monoisotopic (exact) mass is 218 g/mol. The van der Waals surface area contributed by atoms with Gasteiger partial charge in [-0.2, -0.15) is 0 Å². The topological polar surface area (TPSA) is 35.5 Å². The number of rotatable bonds is 2. The Hall–Kier alpha value is -1.61. The molecule has 0 fully saturated rings. The number of carbonyl (C=O) groups excluding carboxylic acids is 1. The number of esters is 1. The minimum atomic E-state index is -0.314. The minimum Gasteiger partial charge on any atom is -0.466 e. The molecule has 1 heterocycles. The summed E-state index contributed by atoms with van der Waals surface area (Å²) in [5.74, 6) is -0.314. The van der Waals surface area contributed by atoms with E-state index in [1.54, 1.807) is 0 Å². The third-order valence-corrected chi connectivity index (χ3v) is 2.67. The molecule has 3 nitrogen and oxygen atoms in total. The van der Waals surface area contributed by atoms with E-state index in [1.807, 2.05) is 43.3 Å². The quantitative estimate of drug-likeness (QED) is 0.714. The first-order chi connectivity index (χ1) is 7.72. The zero-order valence-corrected chi connectivity index (χ0v) is 9.34. The molecule has 3 heteroatoms. The fourth-order valence-corrected chi connectivity index (χ4v) is 1.80. The van der Waals surface area contributed by atoms with Crippen LogP contribution in [0.1, 0.15) is 18.6 Å². The summed E-state index contributed by atoms with van der Waals surface area (Å²) in [6, 6.07) is 9.82. The molecule has 2 rings (SSSR count). The number of methoxy groups -OCH3 is 1. The van der Waals surface area contributed by atoms with E-state index in [0.29, 0.717) is 5.57 Å². The molecule has 1 aromatic carbocycles. The van der Waals surface area contributed by atoms with Crippen LogP contribution in [0.4, 0.5) is 0 Å². The van der Waals surface area contributed by atoms with Crippen molar-refractivity contribution >= 4 is 5.97 Å². The molecule has 1 aliphatic heterocycles. The average Bonchev–Trinajstić information content (AvgIpc) is 2.71. The zero-order valence-electron chi connectivity index (χ0n) is 9.34. The minimum absolute atomic E-state index is 0.148. The predicted octanol–water partition coefficient (Wildman–Crippen LogP) is 2.25. The van der Waals surface area contributed by atoms with Gasteiger partial charge in [-0.05, 0) is 18.6 Å². The molecule has 0 amide bonds. The van der Waals surface area contributed by atoms with Gasteiger partial charge in [0.05, 0.1) is 18.8 Å². The van der Waals surface area contributed by atoms with Gasteiger partial charge in [0.15, 0.2) is 0 Å². The molecule has 0 saturated carbocycles. The van der Waals surface area contributed by atoms with Crippen molar-refractivity contribution in [3.63, 3.8) is 0 Å². The van der Waals surface area contributed by atoms with Crippen LogP contribution in [0.3, 0.4) is 0 Å². The highest BCUT2D eigenvalue weighted by molar-refractivity contribution is 5.90. The summed E-state index contributed by atoms with van der Waals surface area (Å²) in [6.07, 6.45) is 1.47. The van der Waals surface area contributed by atoms with Crippen LogP contribution in [-0.2, 0) is 14.3 Å². The van der Waals surface area contributed by atoms with Gasteiger partial charge < -0.3 is 9.47 Å². The Bertz CT molecular complexity index is 408. The van der Waals surface area contributed by atoms with Crippen molar-refractivity contribution in [3.8, 4) is 0 Å². The molecule has 84 valence electrons. The molecular weight excluding hydrogens is 204 g/mol. The Morgan fingerprint density at radius 2 is 2.00 bits per heavy atom. The number of benzene rings is 1. The van der Waals surface area contributed by atoms with E-state index >= 15 is 0 Å². The first-order valence-electron chi connectivity index (χ1n) is 5.23. The van der Waals surface area contributed by atoms with Crippen molar-refractivity contribution in [1.82, 2.24) is 0 Å².